The summed E-state index contributed by atoms with van der Waals surface area (Å²) in [6.07, 6.45) is 2.30. The zero-order chi connectivity index (χ0) is 18.8. The molecule has 0 bridgehead atoms. The molecule has 5 heteroatoms. The second-order valence-corrected chi connectivity index (χ2v) is 7.83. The standard InChI is InChI=1S/C22H23ClN2O2/c23-18-7-3-4-15(12-18)8-10-24-21(26)19-13-20(19)22(27)25-11-9-16-5-1-2-6-17(16)14-25/h1-7,12,19-20H,8-11,13-14H2,(H,24,26). The largest absolute Gasteiger partial charge is 0.356 e. The molecule has 0 radical (unpaired) electrons. The Morgan fingerprint density at radius 1 is 1.07 bits per heavy atom. The van der Waals surface area contributed by atoms with Crippen molar-refractivity contribution in [3.05, 3.63) is 70.2 Å². The molecule has 4 rings (SSSR count). The fraction of sp³-hybridized carbons (Fsp3) is 0.364. The van der Waals surface area contributed by atoms with Crippen molar-refractivity contribution < 1.29 is 9.59 Å². The van der Waals surface area contributed by atoms with Crippen molar-refractivity contribution >= 4 is 23.4 Å². The Hall–Kier alpha value is -2.33. The summed E-state index contributed by atoms with van der Waals surface area (Å²) in [5.41, 5.74) is 3.64. The SMILES string of the molecule is O=C(NCCc1cccc(Cl)c1)C1CC1C(=O)N1CCc2ccccc2C1. The first-order chi connectivity index (χ1) is 13.1. The first-order valence-corrected chi connectivity index (χ1v) is 9.87. The highest BCUT2D eigenvalue weighted by Gasteiger charge is 2.49. The maximum absolute atomic E-state index is 12.7. The van der Waals surface area contributed by atoms with E-state index in [1.54, 1.807) is 0 Å². The minimum absolute atomic E-state index is 0.00668. The second kappa shape index (κ2) is 7.73. The number of amides is 2. The van der Waals surface area contributed by atoms with Crippen molar-refractivity contribution in [1.82, 2.24) is 10.2 Å². The molecule has 0 aromatic heterocycles. The minimum Gasteiger partial charge on any atom is -0.356 e. The molecule has 4 nitrogen and oxygen atoms in total. The van der Waals surface area contributed by atoms with E-state index in [1.165, 1.54) is 11.1 Å². The lowest BCUT2D eigenvalue weighted by molar-refractivity contribution is -0.135. The van der Waals surface area contributed by atoms with Crippen LogP contribution in [0.5, 0.6) is 0 Å². The van der Waals surface area contributed by atoms with Crippen LogP contribution in [0.3, 0.4) is 0 Å². The van der Waals surface area contributed by atoms with Gasteiger partial charge in [0.25, 0.3) is 0 Å². The smallest absolute Gasteiger partial charge is 0.226 e. The number of carbonyl (C=O) groups excluding carboxylic acids is 2. The maximum atomic E-state index is 12.7. The number of fused-ring (bicyclic) bond motifs is 1. The van der Waals surface area contributed by atoms with Gasteiger partial charge in [-0.1, -0.05) is 48.0 Å². The van der Waals surface area contributed by atoms with Crippen molar-refractivity contribution in [3.63, 3.8) is 0 Å². The molecular formula is C22H23ClN2O2. The van der Waals surface area contributed by atoms with Gasteiger partial charge in [-0.25, -0.2) is 0 Å². The molecule has 1 aliphatic carbocycles. The van der Waals surface area contributed by atoms with Crippen molar-refractivity contribution in [2.45, 2.75) is 25.8 Å². The first-order valence-electron chi connectivity index (χ1n) is 9.49. The van der Waals surface area contributed by atoms with Gasteiger partial charge < -0.3 is 10.2 Å². The van der Waals surface area contributed by atoms with Crippen LogP contribution < -0.4 is 5.32 Å². The molecule has 140 valence electrons. The topological polar surface area (TPSA) is 49.4 Å². The van der Waals surface area contributed by atoms with Crippen molar-refractivity contribution in [3.8, 4) is 0 Å². The third kappa shape index (κ3) is 4.16. The van der Waals surface area contributed by atoms with Crippen LogP contribution in [-0.4, -0.2) is 29.8 Å². The number of nitrogens with one attached hydrogen (secondary N) is 1. The molecule has 1 fully saturated rings. The Balaban J connectivity index is 1.25. The van der Waals surface area contributed by atoms with Crippen LogP contribution in [0.15, 0.2) is 48.5 Å². The van der Waals surface area contributed by atoms with E-state index in [9.17, 15) is 9.59 Å². The summed E-state index contributed by atoms with van der Waals surface area (Å²) in [5, 5.41) is 3.67. The summed E-state index contributed by atoms with van der Waals surface area (Å²) in [7, 11) is 0. The normalized spacial score (nSPS) is 20.7. The van der Waals surface area contributed by atoms with Crippen LogP contribution in [-0.2, 0) is 29.0 Å². The molecule has 0 saturated heterocycles. The van der Waals surface area contributed by atoms with E-state index >= 15 is 0 Å². The van der Waals surface area contributed by atoms with Crippen LogP contribution in [0.25, 0.3) is 0 Å². The van der Waals surface area contributed by atoms with Crippen LogP contribution in [0, 0.1) is 11.8 Å². The van der Waals surface area contributed by atoms with Crippen LogP contribution >= 0.6 is 11.6 Å². The number of hydrogen-bond donors (Lipinski definition) is 1. The lowest BCUT2D eigenvalue weighted by Crippen LogP contribution is -2.38. The van der Waals surface area contributed by atoms with Gasteiger partial charge in [0.1, 0.15) is 0 Å². The van der Waals surface area contributed by atoms with Gasteiger partial charge in [0.2, 0.25) is 11.8 Å². The summed E-state index contributed by atoms with van der Waals surface area (Å²) >= 11 is 5.98. The van der Waals surface area contributed by atoms with Gasteiger partial charge in [-0.05, 0) is 48.1 Å². The van der Waals surface area contributed by atoms with Crippen molar-refractivity contribution in [2.75, 3.05) is 13.1 Å². The average molecular weight is 383 g/mol. The molecule has 2 unspecified atom stereocenters. The molecule has 1 saturated carbocycles. The third-order valence-corrected chi connectivity index (χ3v) is 5.72. The van der Waals surface area contributed by atoms with Gasteiger partial charge in [0.05, 0.1) is 11.8 Å². The maximum Gasteiger partial charge on any atom is 0.226 e. The molecule has 2 atom stereocenters. The summed E-state index contributed by atoms with van der Waals surface area (Å²) in [5.74, 6) is -0.206. The average Bonchev–Trinajstić information content (AvgIpc) is 3.48. The minimum atomic E-state index is -0.172. The summed E-state index contributed by atoms with van der Waals surface area (Å²) in [4.78, 5) is 27.0. The Morgan fingerprint density at radius 3 is 2.70 bits per heavy atom. The van der Waals surface area contributed by atoms with E-state index in [-0.39, 0.29) is 23.7 Å². The number of nitrogens with zero attached hydrogens (tertiary/aromatic N) is 1. The lowest BCUT2D eigenvalue weighted by Gasteiger charge is -2.29. The highest BCUT2D eigenvalue weighted by Crippen LogP contribution is 2.40. The molecule has 27 heavy (non-hydrogen) atoms. The van der Waals surface area contributed by atoms with Crippen molar-refractivity contribution in [1.29, 1.82) is 0 Å². The molecule has 1 heterocycles. The number of benzene rings is 2. The van der Waals surface area contributed by atoms with Crippen LogP contribution in [0.2, 0.25) is 5.02 Å². The van der Waals surface area contributed by atoms with E-state index in [4.69, 9.17) is 11.6 Å². The fourth-order valence-electron chi connectivity index (χ4n) is 3.83. The quantitative estimate of drug-likeness (QED) is 0.863. The monoisotopic (exact) mass is 382 g/mol. The Bertz CT molecular complexity index is 867. The summed E-state index contributed by atoms with van der Waals surface area (Å²) in [6.45, 7) is 1.97. The summed E-state index contributed by atoms with van der Waals surface area (Å²) in [6, 6.07) is 15.9. The second-order valence-electron chi connectivity index (χ2n) is 7.40. The molecule has 2 amide bonds. The highest BCUT2D eigenvalue weighted by atomic mass is 35.5. The third-order valence-electron chi connectivity index (χ3n) is 5.49. The zero-order valence-electron chi connectivity index (χ0n) is 15.2. The lowest BCUT2D eigenvalue weighted by atomic mass is 9.99. The molecule has 2 aliphatic rings. The van der Waals surface area contributed by atoms with Gasteiger partial charge in [-0.15, -0.1) is 0 Å². The number of carbonyl (C=O) groups is 2. The highest BCUT2D eigenvalue weighted by molar-refractivity contribution is 6.30. The van der Waals surface area contributed by atoms with Crippen LogP contribution in [0.1, 0.15) is 23.1 Å². The molecule has 1 aliphatic heterocycles. The predicted molar refractivity (Wildman–Crippen MR) is 105 cm³/mol. The van der Waals surface area contributed by atoms with Gasteiger partial charge in [0, 0.05) is 24.7 Å². The number of rotatable bonds is 5. The van der Waals surface area contributed by atoms with Gasteiger partial charge >= 0.3 is 0 Å². The molecule has 2 aromatic rings. The first kappa shape index (κ1) is 18.1. The van der Waals surface area contributed by atoms with Crippen LogP contribution in [0.4, 0.5) is 0 Å². The van der Waals surface area contributed by atoms with E-state index in [0.717, 1.165) is 24.9 Å². The molecule has 2 aromatic carbocycles. The summed E-state index contributed by atoms with van der Waals surface area (Å²) < 4.78 is 0. The Kier molecular flexibility index (Phi) is 5.17. The predicted octanol–water partition coefficient (Wildman–Crippen LogP) is 3.22. The Labute approximate surface area is 164 Å². The van der Waals surface area contributed by atoms with Gasteiger partial charge in [0.15, 0.2) is 0 Å². The number of halogens is 1. The fourth-order valence-corrected chi connectivity index (χ4v) is 4.04. The van der Waals surface area contributed by atoms with E-state index in [0.29, 0.717) is 24.5 Å². The Morgan fingerprint density at radius 2 is 1.89 bits per heavy atom. The molecular weight excluding hydrogens is 360 g/mol. The molecule has 0 spiro atoms. The van der Waals surface area contributed by atoms with Gasteiger partial charge in [-0.3, -0.25) is 9.59 Å². The molecule has 1 N–H and O–H groups in total. The van der Waals surface area contributed by atoms with Gasteiger partial charge in [-0.2, -0.15) is 0 Å². The zero-order valence-corrected chi connectivity index (χ0v) is 15.9. The van der Waals surface area contributed by atoms with E-state index in [1.807, 2.05) is 41.3 Å². The van der Waals surface area contributed by atoms with E-state index < -0.39 is 0 Å². The van der Waals surface area contributed by atoms with Crippen molar-refractivity contribution in [2.24, 2.45) is 11.8 Å². The number of hydrogen-bond acceptors (Lipinski definition) is 2. The van der Waals surface area contributed by atoms with E-state index in [2.05, 4.69) is 17.4 Å².